The molecule has 1 aromatic heterocycles. The topological polar surface area (TPSA) is 34.1 Å². The van der Waals surface area contributed by atoms with Crippen molar-refractivity contribution in [2.75, 3.05) is 13.2 Å². The van der Waals surface area contributed by atoms with Crippen LogP contribution in [-0.4, -0.2) is 18.1 Å². The molecule has 0 unspecified atom stereocenters. The summed E-state index contributed by atoms with van der Waals surface area (Å²) in [5.41, 5.74) is 2.06. The van der Waals surface area contributed by atoms with Gasteiger partial charge in [0.25, 0.3) is 0 Å². The lowest BCUT2D eigenvalue weighted by Crippen LogP contribution is -2.19. The smallest absolute Gasteiger partial charge is 0.0731 e. The molecule has 19 heavy (non-hydrogen) atoms. The summed E-state index contributed by atoms with van der Waals surface area (Å²) < 4.78 is 5.57. The first-order valence-electron chi connectivity index (χ1n) is 6.28. The van der Waals surface area contributed by atoms with Crippen LogP contribution >= 0.6 is 11.6 Å². The van der Waals surface area contributed by atoms with E-state index in [2.05, 4.69) is 10.3 Å². The van der Waals surface area contributed by atoms with Gasteiger partial charge in [-0.2, -0.15) is 0 Å². The number of aromatic nitrogens is 1. The molecule has 0 atom stereocenters. The molecular weight excluding hydrogens is 260 g/mol. The predicted molar refractivity (Wildman–Crippen MR) is 77.1 cm³/mol. The summed E-state index contributed by atoms with van der Waals surface area (Å²) in [6.45, 7) is 2.75. The molecule has 3 nitrogen and oxygen atoms in total. The first kappa shape index (κ1) is 14.0. The van der Waals surface area contributed by atoms with Crippen molar-refractivity contribution < 1.29 is 4.74 Å². The lowest BCUT2D eigenvalue weighted by atomic mass is 10.2. The highest BCUT2D eigenvalue weighted by Gasteiger charge is 1.98. The van der Waals surface area contributed by atoms with E-state index < -0.39 is 0 Å². The minimum Gasteiger partial charge on any atom is -0.375 e. The quantitative estimate of drug-likeness (QED) is 0.790. The van der Waals surface area contributed by atoms with E-state index in [1.165, 1.54) is 0 Å². The van der Waals surface area contributed by atoms with Crippen molar-refractivity contribution in [3.8, 4) is 0 Å². The second-order valence-corrected chi connectivity index (χ2v) is 4.55. The van der Waals surface area contributed by atoms with Crippen molar-refractivity contribution >= 4 is 11.6 Å². The SMILES string of the molecule is Clc1ccccc1COCCNCc1ccccn1. The van der Waals surface area contributed by atoms with E-state index >= 15 is 0 Å². The summed E-state index contributed by atoms with van der Waals surface area (Å²) in [5, 5.41) is 4.04. The number of benzene rings is 1. The maximum Gasteiger partial charge on any atom is 0.0731 e. The van der Waals surface area contributed by atoms with E-state index in [0.29, 0.717) is 13.2 Å². The number of hydrogen-bond donors (Lipinski definition) is 1. The van der Waals surface area contributed by atoms with Crippen molar-refractivity contribution in [2.45, 2.75) is 13.2 Å². The van der Waals surface area contributed by atoms with Gasteiger partial charge in [0.05, 0.1) is 18.9 Å². The molecule has 2 aromatic rings. The van der Waals surface area contributed by atoms with Crippen LogP contribution in [0.1, 0.15) is 11.3 Å². The van der Waals surface area contributed by atoms with Crippen LogP contribution in [-0.2, 0) is 17.9 Å². The molecule has 0 radical (unpaired) electrons. The molecule has 0 saturated heterocycles. The highest BCUT2D eigenvalue weighted by atomic mass is 35.5. The van der Waals surface area contributed by atoms with E-state index in [1.54, 1.807) is 6.20 Å². The Bertz CT molecular complexity index is 491. The zero-order valence-corrected chi connectivity index (χ0v) is 11.4. The lowest BCUT2D eigenvalue weighted by molar-refractivity contribution is 0.122. The van der Waals surface area contributed by atoms with Crippen LogP contribution in [0.25, 0.3) is 0 Å². The molecule has 0 amide bonds. The van der Waals surface area contributed by atoms with Gasteiger partial charge in [-0.25, -0.2) is 0 Å². The average Bonchev–Trinajstić information content (AvgIpc) is 2.45. The average molecular weight is 277 g/mol. The summed E-state index contributed by atoms with van der Waals surface area (Å²) in [5.74, 6) is 0. The van der Waals surface area contributed by atoms with Gasteiger partial charge < -0.3 is 10.1 Å². The summed E-state index contributed by atoms with van der Waals surface area (Å²) in [4.78, 5) is 4.23. The van der Waals surface area contributed by atoms with Crippen LogP contribution in [0.4, 0.5) is 0 Å². The van der Waals surface area contributed by atoms with Crippen LogP contribution in [0.15, 0.2) is 48.7 Å². The first-order valence-corrected chi connectivity index (χ1v) is 6.66. The molecule has 0 spiro atoms. The van der Waals surface area contributed by atoms with Crippen LogP contribution in [0.2, 0.25) is 5.02 Å². The zero-order valence-electron chi connectivity index (χ0n) is 10.7. The Morgan fingerprint density at radius 1 is 1.11 bits per heavy atom. The Morgan fingerprint density at radius 3 is 2.74 bits per heavy atom. The normalized spacial score (nSPS) is 10.6. The highest BCUT2D eigenvalue weighted by molar-refractivity contribution is 6.31. The van der Waals surface area contributed by atoms with Gasteiger partial charge in [0.1, 0.15) is 0 Å². The van der Waals surface area contributed by atoms with Gasteiger partial charge in [-0.3, -0.25) is 4.98 Å². The van der Waals surface area contributed by atoms with E-state index in [-0.39, 0.29) is 0 Å². The van der Waals surface area contributed by atoms with Gasteiger partial charge in [0, 0.05) is 24.3 Å². The molecule has 2 rings (SSSR count). The summed E-state index contributed by atoms with van der Waals surface area (Å²) in [7, 11) is 0. The molecule has 0 saturated carbocycles. The van der Waals surface area contributed by atoms with Crippen LogP contribution in [0.3, 0.4) is 0 Å². The Hall–Kier alpha value is -1.42. The zero-order chi connectivity index (χ0) is 13.3. The Balaban J connectivity index is 1.59. The minimum atomic E-state index is 0.547. The second-order valence-electron chi connectivity index (χ2n) is 4.14. The van der Waals surface area contributed by atoms with Crippen molar-refractivity contribution in [3.63, 3.8) is 0 Å². The lowest BCUT2D eigenvalue weighted by Gasteiger charge is -2.07. The molecule has 0 fully saturated rings. The van der Waals surface area contributed by atoms with Gasteiger partial charge in [-0.05, 0) is 23.8 Å². The van der Waals surface area contributed by atoms with Crippen LogP contribution in [0.5, 0.6) is 0 Å². The molecule has 100 valence electrons. The standard InChI is InChI=1S/C15H17ClN2O/c16-15-7-2-1-5-13(15)12-19-10-9-17-11-14-6-3-4-8-18-14/h1-8,17H,9-12H2. The van der Waals surface area contributed by atoms with Crippen LogP contribution < -0.4 is 5.32 Å². The molecule has 0 aliphatic rings. The van der Waals surface area contributed by atoms with Gasteiger partial charge in [-0.15, -0.1) is 0 Å². The van der Waals surface area contributed by atoms with Crippen molar-refractivity contribution in [2.24, 2.45) is 0 Å². The number of nitrogens with zero attached hydrogens (tertiary/aromatic N) is 1. The van der Waals surface area contributed by atoms with E-state index in [9.17, 15) is 0 Å². The fourth-order valence-electron chi connectivity index (χ4n) is 1.66. The van der Waals surface area contributed by atoms with Gasteiger partial charge in [-0.1, -0.05) is 35.9 Å². The highest BCUT2D eigenvalue weighted by Crippen LogP contribution is 2.15. The van der Waals surface area contributed by atoms with Gasteiger partial charge in [0.2, 0.25) is 0 Å². The Morgan fingerprint density at radius 2 is 1.95 bits per heavy atom. The van der Waals surface area contributed by atoms with Crippen molar-refractivity contribution in [3.05, 3.63) is 64.9 Å². The monoisotopic (exact) mass is 276 g/mol. The second kappa shape index (κ2) is 7.89. The fraction of sp³-hybridized carbons (Fsp3) is 0.267. The van der Waals surface area contributed by atoms with Crippen molar-refractivity contribution in [1.82, 2.24) is 10.3 Å². The molecule has 1 N–H and O–H groups in total. The van der Waals surface area contributed by atoms with E-state index in [1.807, 2.05) is 42.5 Å². The van der Waals surface area contributed by atoms with Gasteiger partial charge in [0.15, 0.2) is 0 Å². The molecule has 4 heteroatoms. The molecular formula is C15H17ClN2O. The number of rotatable bonds is 7. The predicted octanol–water partition coefficient (Wildman–Crippen LogP) is 3.04. The maximum atomic E-state index is 6.04. The number of halogens is 1. The third kappa shape index (κ3) is 4.99. The molecule has 0 aliphatic carbocycles. The Labute approximate surface area is 118 Å². The van der Waals surface area contributed by atoms with E-state index in [4.69, 9.17) is 16.3 Å². The summed E-state index contributed by atoms with van der Waals surface area (Å²) in [6.07, 6.45) is 1.80. The Kier molecular flexibility index (Phi) is 5.82. The number of ether oxygens (including phenoxy) is 1. The van der Waals surface area contributed by atoms with Crippen molar-refractivity contribution in [1.29, 1.82) is 0 Å². The molecule has 0 bridgehead atoms. The number of pyridine rings is 1. The number of hydrogen-bond acceptors (Lipinski definition) is 3. The van der Waals surface area contributed by atoms with Gasteiger partial charge >= 0.3 is 0 Å². The molecule has 1 heterocycles. The van der Waals surface area contributed by atoms with Crippen LogP contribution in [0, 0.1) is 0 Å². The maximum absolute atomic E-state index is 6.04. The summed E-state index contributed by atoms with van der Waals surface area (Å²) in [6, 6.07) is 13.6. The summed E-state index contributed by atoms with van der Waals surface area (Å²) >= 11 is 6.04. The fourth-order valence-corrected chi connectivity index (χ4v) is 1.85. The van der Waals surface area contributed by atoms with E-state index in [0.717, 1.165) is 29.4 Å². The largest absolute Gasteiger partial charge is 0.375 e. The molecule has 1 aromatic carbocycles. The molecule has 0 aliphatic heterocycles. The first-order chi connectivity index (χ1) is 9.36. The third-order valence-electron chi connectivity index (χ3n) is 2.67. The number of nitrogens with one attached hydrogen (secondary N) is 1. The minimum absolute atomic E-state index is 0.547. The third-order valence-corrected chi connectivity index (χ3v) is 3.04.